The molecule has 2 aromatic carbocycles. The quantitative estimate of drug-likeness (QED) is 0.671. The fraction of sp³-hybridized carbons (Fsp3) is 0.200. The summed E-state index contributed by atoms with van der Waals surface area (Å²) < 4.78 is 7.20. The third-order valence-electron chi connectivity index (χ3n) is 4.53. The molecule has 1 aliphatic rings. The van der Waals surface area contributed by atoms with Crippen LogP contribution in [-0.4, -0.2) is 33.2 Å². The molecule has 4 rings (SSSR count). The van der Waals surface area contributed by atoms with Gasteiger partial charge in [-0.2, -0.15) is 10.1 Å². The first-order valence-corrected chi connectivity index (χ1v) is 9.35. The first-order chi connectivity index (χ1) is 14.0. The van der Waals surface area contributed by atoms with Crippen molar-refractivity contribution in [3.8, 4) is 5.75 Å². The molecule has 0 spiro atoms. The fourth-order valence-corrected chi connectivity index (χ4v) is 3.33. The predicted molar refractivity (Wildman–Crippen MR) is 108 cm³/mol. The lowest BCUT2D eigenvalue weighted by Gasteiger charge is -2.24. The van der Waals surface area contributed by atoms with Crippen molar-refractivity contribution in [1.82, 2.24) is 14.8 Å². The molecular formula is C20H18ClN5O3. The number of fused-ring (bicyclic) bond motifs is 1. The molecule has 1 atom stereocenters. The van der Waals surface area contributed by atoms with Crippen LogP contribution in [0.25, 0.3) is 0 Å². The molecule has 3 aromatic rings. The average Bonchev–Trinajstić information content (AvgIpc) is 3.16. The number of nitrogens with one attached hydrogen (secondary N) is 2. The maximum absolute atomic E-state index is 12.1. The number of halogens is 1. The van der Waals surface area contributed by atoms with Gasteiger partial charge in [0, 0.05) is 5.69 Å². The van der Waals surface area contributed by atoms with Gasteiger partial charge in [-0.05, 0) is 36.8 Å². The molecule has 0 saturated carbocycles. The maximum atomic E-state index is 12.1. The molecule has 0 unspecified atom stereocenters. The molecule has 0 radical (unpaired) electrons. The molecule has 1 aromatic heterocycles. The Balaban J connectivity index is 1.42. The maximum Gasteiger partial charge on any atom is 0.262 e. The number of nitrogens with zero attached hydrogens (tertiary/aromatic N) is 3. The zero-order chi connectivity index (χ0) is 20.4. The van der Waals surface area contributed by atoms with Crippen LogP contribution in [0.3, 0.4) is 0 Å². The number of hydrogen-bond acceptors (Lipinski definition) is 5. The Morgan fingerprint density at radius 3 is 2.86 bits per heavy atom. The number of carbonyl (C=O) groups excluding carboxylic acids is 2. The molecule has 8 nitrogen and oxygen atoms in total. The summed E-state index contributed by atoms with van der Waals surface area (Å²) in [6, 6.07) is 12.4. The smallest absolute Gasteiger partial charge is 0.262 e. The number of benzene rings is 2. The lowest BCUT2D eigenvalue weighted by atomic mass is 10.0. The van der Waals surface area contributed by atoms with Crippen LogP contribution in [-0.2, 0) is 9.59 Å². The second-order valence-electron chi connectivity index (χ2n) is 6.69. The summed E-state index contributed by atoms with van der Waals surface area (Å²) in [5.74, 6) is 0.356. The van der Waals surface area contributed by atoms with Crippen LogP contribution in [0.1, 0.15) is 23.6 Å². The molecule has 0 bridgehead atoms. The number of aromatic nitrogens is 3. The minimum absolute atomic E-state index is 0.139. The largest absolute Gasteiger partial charge is 0.482 e. The number of rotatable bonds is 5. The average molecular weight is 412 g/mol. The minimum atomic E-state index is -0.308. The van der Waals surface area contributed by atoms with Crippen molar-refractivity contribution in [2.45, 2.75) is 19.4 Å². The van der Waals surface area contributed by atoms with E-state index >= 15 is 0 Å². The molecule has 0 fully saturated rings. The standard InChI is InChI=1S/C20H18ClN5O3/c1-12-2-5-14(6-3-12)24-19(28)10-29-17-7-4-13(8-15(17)21)16-9-18(27)25-20-22-11-23-26(16)20/h2-8,11,16H,9-10H2,1H3,(H,24,28)(H,22,23,25,27)/t16-/m0/s1. The van der Waals surface area contributed by atoms with E-state index in [4.69, 9.17) is 16.3 Å². The van der Waals surface area contributed by atoms with Crippen LogP contribution in [0.5, 0.6) is 5.75 Å². The number of hydrogen-bond donors (Lipinski definition) is 2. The van der Waals surface area contributed by atoms with Gasteiger partial charge in [0.25, 0.3) is 5.91 Å². The second-order valence-corrected chi connectivity index (χ2v) is 7.10. The van der Waals surface area contributed by atoms with Gasteiger partial charge in [-0.1, -0.05) is 35.4 Å². The SMILES string of the molecule is Cc1ccc(NC(=O)COc2ccc([C@@H]3CC(=O)Nc4ncnn43)cc2Cl)cc1. The Labute approximate surface area is 171 Å². The van der Waals surface area contributed by atoms with Crippen molar-refractivity contribution in [1.29, 1.82) is 0 Å². The Kier molecular flexibility index (Phi) is 5.18. The number of aryl methyl sites for hydroxylation is 1. The highest BCUT2D eigenvalue weighted by Gasteiger charge is 2.28. The molecule has 29 heavy (non-hydrogen) atoms. The predicted octanol–water partition coefficient (Wildman–Crippen LogP) is 3.19. The van der Waals surface area contributed by atoms with Crippen molar-refractivity contribution < 1.29 is 14.3 Å². The van der Waals surface area contributed by atoms with Gasteiger partial charge in [0.15, 0.2) is 6.61 Å². The van der Waals surface area contributed by atoms with Crippen molar-refractivity contribution in [2.24, 2.45) is 0 Å². The van der Waals surface area contributed by atoms with E-state index in [-0.39, 0.29) is 30.9 Å². The van der Waals surface area contributed by atoms with Crippen molar-refractivity contribution in [3.63, 3.8) is 0 Å². The molecule has 0 aliphatic carbocycles. The second kappa shape index (κ2) is 7.92. The van der Waals surface area contributed by atoms with Crippen molar-refractivity contribution in [2.75, 3.05) is 17.2 Å². The van der Waals surface area contributed by atoms with Crippen LogP contribution >= 0.6 is 11.6 Å². The number of anilines is 2. The normalized spacial score (nSPS) is 15.4. The van der Waals surface area contributed by atoms with Crippen LogP contribution in [0, 0.1) is 6.92 Å². The third kappa shape index (κ3) is 4.22. The zero-order valence-electron chi connectivity index (χ0n) is 15.6. The van der Waals surface area contributed by atoms with Gasteiger partial charge in [-0.3, -0.25) is 14.9 Å². The summed E-state index contributed by atoms with van der Waals surface area (Å²) in [7, 11) is 0. The molecular weight excluding hydrogens is 394 g/mol. The first kappa shape index (κ1) is 18.9. The molecule has 9 heteroatoms. The summed E-state index contributed by atoms with van der Waals surface area (Å²) in [6.07, 6.45) is 1.62. The molecule has 1 aliphatic heterocycles. The number of ether oxygens (including phenoxy) is 1. The van der Waals surface area contributed by atoms with E-state index in [1.54, 1.807) is 22.9 Å². The van der Waals surface area contributed by atoms with Gasteiger partial charge in [0.1, 0.15) is 12.1 Å². The number of amides is 2. The number of carbonyl (C=O) groups is 2. The molecule has 2 amide bonds. The Hall–Kier alpha value is -3.39. The third-order valence-corrected chi connectivity index (χ3v) is 4.83. The van der Waals surface area contributed by atoms with E-state index in [2.05, 4.69) is 20.7 Å². The van der Waals surface area contributed by atoms with Gasteiger partial charge in [0.2, 0.25) is 11.9 Å². The summed E-state index contributed by atoms with van der Waals surface area (Å²) in [4.78, 5) is 28.0. The topological polar surface area (TPSA) is 98.1 Å². The van der Waals surface area contributed by atoms with E-state index in [1.807, 2.05) is 31.2 Å². The van der Waals surface area contributed by atoms with E-state index in [0.717, 1.165) is 11.1 Å². The van der Waals surface area contributed by atoms with E-state index in [9.17, 15) is 9.59 Å². The summed E-state index contributed by atoms with van der Waals surface area (Å²) in [5.41, 5.74) is 2.61. The van der Waals surface area contributed by atoms with Crippen molar-refractivity contribution >= 4 is 35.1 Å². The minimum Gasteiger partial charge on any atom is -0.482 e. The molecule has 0 saturated heterocycles. The molecule has 2 heterocycles. The van der Waals surface area contributed by atoms with Gasteiger partial charge in [0.05, 0.1) is 17.5 Å². The van der Waals surface area contributed by atoms with Gasteiger partial charge in [-0.25, -0.2) is 4.68 Å². The zero-order valence-corrected chi connectivity index (χ0v) is 16.3. The highest BCUT2D eigenvalue weighted by Crippen LogP contribution is 2.33. The lowest BCUT2D eigenvalue weighted by Crippen LogP contribution is -2.29. The highest BCUT2D eigenvalue weighted by molar-refractivity contribution is 6.32. The highest BCUT2D eigenvalue weighted by atomic mass is 35.5. The van der Waals surface area contributed by atoms with E-state index in [1.165, 1.54) is 6.33 Å². The summed E-state index contributed by atoms with van der Waals surface area (Å²) >= 11 is 6.34. The first-order valence-electron chi connectivity index (χ1n) is 8.98. The fourth-order valence-electron chi connectivity index (χ4n) is 3.08. The Bertz CT molecular complexity index is 1060. The molecule has 148 valence electrons. The summed E-state index contributed by atoms with van der Waals surface area (Å²) in [5, 5.41) is 9.95. The van der Waals surface area contributed by atoms with Crippen LogP contribution < -0.4 is 15.4 Å². The van der Waals surface area contributed by atoms with Crippen molar-refractivity contribution in [3.05, 3.63) is 64.9 Å². The monoisotopic (exact) mass is 411 g/mol. The Morgan fingerprint density at radius 2 is 2.10 bits per heavy atom. The van der Waals surface area contributed by atoms with Crippen LogP contribution in [0.2, 0.25) is 5.02 Å². The van der Waals surface area contributed by atoms with Gasteiger partial charge in [-0.15, -0.1) is 0 Å². The summed E-state index contributed by atoms with van der Waals surface area (Å²) in [6.45, 7) is 1.80. The van der Waals surface area contributed by atoms with Gasteiger partial charge < -0.3 is 10.1 Å². The van der Waals surface area contributed by atoms with Gasteiger partial charge >= 0.3 is 0 Å². The van der Waals surface area contributed by atoms with E-state index < -0.39 is 0 Å². The molecule has 2 N–H and O–H groups in total. The van der Waals surface area contributed by atoms with E-state index in [0.29, 0.717) is 22.4 Å². The Morgan fingerprint density at radius 1 is 1.31 bits per heavy atom. The van der Waals surface area contributed by atoms with Crippen LogP contribution in [0.4, 0.5) is 11.6 Å². The van der Waals surface area contributed by atoms with Crippen LogP contribution in [0.15, 0.2) is 48.8 Å². The lowest BCUT2D eigenvalue weighted by molar-refractivity contribution is -0.118.